The highest BCUT2D eigenvalue weighted by molar-refractivity contribution is 5.84. The number of nitrogens with one attached hydrogen (secondary N) is 2. The van der Waals surface area contributed by atoms with Gasteiger partial charge in [0.1, 0.15) is 5.82 Å². The molecule has 0 radical (unpaired) electrons. The summed E-state index contributed by atoms with van der Waals surface area (Å²) in [6.07, 6.45) is 2.95. The van der Waals surface area contributed by atoms with E-state index in [9.17, 15) is 0 Å². The lowest BCUT2D eigenvalue weighted by atomic mass is 10.0. The Labute approximate surface area is 136 Å². The average Bonchev–Trinajstić information content (AvgIpc) is 2.93. The molecule has 0 saturated carbocycles. The van der Waals surface area contributed by atoms with Crippen LogP contribution in [0.5, 0.6) is 0 Å². The summed E-state index contributed by atoms with van der Waals surface area (Å²) in [4.78, 5) is 10.4. The van der Waals surface area contributed by atoms with E-state index in [-0.39, 0.29) is 0 Å². The maximum atomic E-state index is 4.34. The Hall–Kier alpha value is -2.33. The van der Waals surface area contributed by atoms with Crippen molar-refractivity contribution < 1.29 is 0 Å². The molecule has 1 aliphatic rings. The van der Waals surface area contributed by atoms with Gasteiger partial charge in [-0.15, -0.1) is 0 Å². The summed E-state index contributed by atoms with van der Waals surface area (Å²) >= 11 is 0. The Morgan fingerprint density at radius 2 is 2.09 bits per heavy atom. The van der Waals surface area contributed by atoms with E-state index in [4.69, 9.17) is 0 Å². The summed E-state index contributed by atoms with van der Waals surface area (Å²) in [7, 11) is 0. The molecule has 1 aromatic carbocycles. The van der Waals surface area contributed by atoms with Crippen molar-refractivity contribution in [2.75, 3.05) is 18.4 Å². The smallest absolute Gasteiger partial charge is 0.126 e. The van der Waals surface area contributed by atoms with Crippen LogP contribution in [-0.2, 0) is 13.0 Å². The summed E-state index contributed by atoms with van der Waals surface area (Å²) in [6.45, 7) is 5.35. The molecule has 1 aliphatic heterocycles. The minimum Gasteiger partial charge on any atom is -0.366 e. The summed E-state index contributed by atoms with van der Waals surface area (Å²) in [5, 5.41) is 4.87. The van der Waals surface area contributed by atoms with E-state index >= 15 is 0 Å². The molecule has 2 aromatic heterocycles. The number of fused-ring (bicyclic) bond motifs is 3. The zero-order valence-electron chi connectivity index (χ0n) is 13.4. The predicted octanol–water partition coefficient (Wildman–Crippen LogP) is 3.42. The molecule has 1 atom stereocenters. The minimum absolute atomic E-state index is 0.371. The van der Waals surface area contributed by atoms with Crippen molar-refractivity contribution in [1.82, 2.24) is 14.9 Å². The molecule has 4 nitrogen and oxygen atoms in total. The van der Waals surface area contributed by atoms with Crippen LogP contribution in [0.1, 0.15) is 18.2 Å². The van der Waals surface area contributed by atoms with Gasteiger partial charge in [0.25, 0.3) is 0 Å². The molecule has 0 fully saturated rings. The van der Waals surface area contributed by atoms with Gasteiger partial charge >= 0.3 is 0 Å². The standard InChI is InChI=1S/C19H22N4/c1-14(21-19-8-4-5-10-20-19)12-23-11-9-16-15-6-2-3-7-17(15)22-18(16)13-23/h2-8,10,14,22H,9,11-13H2,1H3,(H,20,21)/t14-/m1/s1. The first kappa shape index (κ1) is 14.3. The van der Waals surface area contributed by atoms with Gasteiger partial charge in [-0.05, 0) is 37.1 Å². The molecule has 0 bridgehead atoms. The number of aromatic nitrogens is 2. The van der Waals surface area contributed by atoms with Gasteiger partial charge in [0.2, 0.25) is 0 Å². The van der Waals surface area contributed by atoms with Gasteiger partial charge < -0.3 is 10.3 Å². The molecule has 3 heterocycles. The topological polar surface area (TPSA) is 44.0 Å². The van der Waals surface area contributed by atoms with Crippen molar-refractivity contribution in [1.29, 1.82) is 0 Å². The fourth-order valence-electron chi connectivity index (χ4n) is 3.54. The van der Waals surface area contributed by atoms with Gasteiger partial charge in [-0.1, -0.05) is 24.3 Å². The molecule has 0 aliphatic carbocycles. The van der Waals surface area contributed by atoms with Crippen molar-refractivity contribution in [3.05, 3.63) is 59.9 Å². The van der Waals surface area contributed by atoms with Crippen molar-refractivity contribution in [3.63, 3.8) is 0 Å². The predicted molar refractivity (Wildman–Crippen MR) is 94.6 cm³/mol. The van der Waals surface area contributed by atoms with Crippen LogP contribution in [0.25, 0.3) is 10.9 Å². The number of aromatic amines is 1. The van der Waals surface area contributed by atoms with E-state index < -0.39 is 0 Å². The van der Waals surface area contributed by atoms with E-state index in [1.165, 1.54) is 22.2 Å². The largest absolute Gasteiger partial charge is 0.366 e. The Bertz CT molecular complexity index is 793. The fraction of sp³-hybridized carbons (Fsp3) is 0.316. The number of hydrogen-bond donors (Lipinski definition) is 2. The molecular formula is C19H22N4. The summed E-state index contributed by atoms with van der Waals surface area (Å²) in [5.41, 5.74) is 4.14. The lowest BCUT2D eigenvalue weighted by Gasteiger charge is -2.29. The van der Waals surface area contributed by atoms with Crippen molar-refractivity contribution in [3.8, 4) is 0 Å². The SMILES string of the molecule is C[C@H](CN1CCc2c([nH]c3ccccc23)C1)Nc1ccccn1. The number of rotatable bonds is 4. The van der Waals surface area contributed by atoms with Crippen LogP contribution in [0.4, 0.5) is 5.82 Å². The molecule has 3 aromatic rings. The molecule has 118 valence electrons. The minimum atomic E-state index is 0.371. The van der Waals surface area contributed by atoms with Gasteiger partial charge in [-0.2, -0.15) is 0 Å². The van der Waals surface area contributed by atoms with Crippen LogP contribution >= 0.6 is 0 Å². The summed E-state index contributed by atoms with van der Waals surface area (Å²) in [6, 6.07) is 15.0. The lowest BCUT2D eigenvalue weighted by molar-refractivity contribution is 0.245. The first-order valence-corrected chi connectivity index (χ1v) is 8.28. The normalized spacial score (nSPS) is 16.2. The van der Waals surface area contributed by atoms with E-state index in [0.29, 0.717) is 6.04 Å². The second-order valence-corrected chi connectivity index (χ2v) is 6.37. The number of H-pyrrole nitrogens is 1. The Morgan fingerprint density at radius 1 is 1.22 bits per heavy atom. The van der Waals surface area contributed by atoms with Crippen LogP contribution < -0.4 is 5.32 Å². The fourth-order valence-corrected chi connectivity index (χ4v) is 3.54. The molecule has 0 spiro atoms. The molecule has 0 saturated heterocycles. The first-order valence-electron chi connectivity index (χ1n) is 8.28. The Balaban J connectivity index is 1.44. The number of nitrogens with zero attached hydrogens (tertiary/aromatic N) is 2. The molecule has 0 unspecified atom stereocenters. The van der Waals surface area contributed by atoms with Gasteiger partial charge in [0, 0.05) is 48.5 Å². The highest BCUT2D eigenvalue weighted by Gasteiger charge is 2.21. The van der Waals surface area contributed by atoms with Crippen molar-refractivity contribution in [2.45, 2.75) is 25.9 Å². The molecule has 23 heavy (non-hydrogen) atoms. The van der Waals surface area contributed by atoms with Gasteiger partial charge in [-0.3, -0.25) is 4.90 Å². The third kappa shape index (κ3) is 2.94. The summed E-state index contributed by atoms with van der Waals surface area (Å²) < 4.78 is 0. The van der Waals surface area contributed by atoms with Gasteiger partial charge in [0.05, 0.1) is 0 Å². The number of hydrogen-bond acceptors (Lipinski definition) is 3. The lowest BCUT2D eigenvalue weighted by Crippen LogP contribution is -2.38. The van der Waals surface area contributed by atoms with E-state index in [1.54, 1.807) is 0 Å². The summed E-state index contributed by atoms with van der Waals surface area (Å²) in [5.74, 6) is 0.948. The van der Waals surface area contributed by atoms with Crippen LogP contribution in [0.15, 0.2) is 48.7 Å². The molecule has 0 amide bonds. The first-order chi connectivity index (χ1) is 11.3. The van der Waals surface area contributed by atoms with Crippen LogP contribution in [0.2, 0.25) is 0 Å². The molecule has 4 heteroatoms. The van der Waals surface area contributed by atoms with Gasteiger partial charge in [-0.25, -0.2) is 4.98 Å². The van der Waals surface area contributed by atoms with Gasteiger partial charge in [0.15, 0.2) is 0 Å². The number of benzene rings is 1. The second kappa shape index (κ2) is 6.05. The zero-order chi connectivity index (χ0) is 15.6. The third-order valence-electron chi connectivity index (χ3n) is 4.55. The zero-order valence-corrected chi connectivity index (χ0v) is 13.4. The van der Waals surface area contributed by atoms with E-state index in [2.05, 4.69) is 51.4 Å². The van der Waals surface area contributed by atoms with E-state index in [1.807, 2.05) is 24.4 Å². The quantitative estimate of drug-likeness (QED) is 0.776. The molecule has 2 N–H and O–H groups in total. The Kier molecular flexibility index (Phi) is 3.75. The molecular weight excluding hydrogens is 284 g/mol. The highest BCUT2D eigenvalue weighted by atomic mass is 15.2. The highest BCUT2D eigenvalue weighted by Crippen LogP contribution is 2.27. The van der Waals surface area contributed by atoms with Crippen LogP contribution in [0.3, 0.4) is 0 Å². The van der Waals surface area contributed by atoms with Crippen molar-refractivity contribution in [2.24, 2.45) is 0 Å². The monoisotopic (exact) mass is 306 g/mol. The van der Waals surface area contributed by atoms with Crippen molar-refractivity contribution >= 4 is 16.7 Å². The maximum absolute atomic E-state index is 4.34. The third-order valence-corrected chi connectivity index (χ3v) is 4.55. The van der Waals surface area contributed by atoms with E-state index in [0.717, 1.165) is 31.9 Å². The second-order valence-electron chi connectivity index (χ2n) is 6.37. The number of anilines is 1. The molecule has 4 rings (SSSR count). The Morgan fingerprint density at radius 3 is 2.96 bits per heavy atom. The number of para-hydroxylation sites is 1. The van der Waals surface area contributed by atoms with Crippen LogP contribution in [0, 0.1) is 0 Å². The maximum Gasteiger partial charge on any atom is 0.126 e. The average molecular weight is 306 g/mol. The van der Waals surface area contributed by atoms with Crippen LogP contribution in [-0.4, -0.2) is 34.0 Å². The number of pyridine rings is 1.